The number of amides is 2. The fraction of sp³-hybridized carbons (Fsp3) is 0.600. The number of benzene rings is 1. The second-order valence-corrected chi connectivity index (χ2v) is 7.92. The third-order valence-corrected chi connectivity index (χ3v) is 5.29. The maximum absolute atomic E-state index is 12.6. The summed E-state index contributed by atoms with van der Waals surface area (Å²) in [6, 6.07) is 6.11. The molecule has 1 aromatic rings. The van der Waals surface area contributed by atoms with Gasteiger partial charge in [-0.15, -0.1) is 0 Å². The third kappa shape index (κ3) is 4.03. The first kappa shape index (κ1) is 18.1. The van der Waals surface area contributed by atoms with Gasteiger partial charge in [-0.3, -0.25) is 14.5 Å². The minimum Gasteiger partial charge on any atom is -0.486 e. The van der Waals surface area contributed by atoms with Crippen molar-refractivity contribution in [3.8, 4) is 11.5 Å². The number of hydrogen-bond acceptors (Lipinski definition) is 5. The van der Waals surface area contributed by atoms with Crippen molar-refractivity contribution in [3.63, 3.8) is 0 Å². The number of nitrogens with one attached hydrogen (secondary N) is 1. The molecule has 1 atom stereocenters. The van der Waals surface area contributed by atoms with Crippen LogP contribution >= 0.6 is 0 Å². The van der Waals surface area contributed by atoms with Crippen molar-refractivity contribution in [2.45, 2.75) is 38.8 Å². The van der Waals surface area contributed by atoms with Crippen molar-refractivity contribution in [2.24, 2.45) is 5.92 Å². The molecular formula is C20H27N3O4. The molecule has 1 aromatic carbocycles. The molecule has 3 aliphatic rings. The Morgan fingerprint density at radius 1 is 1.22 bits per heavy atom. The Morgan fingerprint density at radius 2 is 1.96 bits per heavy atom. The van der Waals surface area contributed by atoms with E-state index in [1.807, 2.05) is 28.0 Å². The van der Waals surface area contributed by atoms with E-state index in [-0.39, 0.29) is 30.3 Å². The van der Waals surface area contributed by atoms with Crippen LogP contribution in [0, 0.1) is 5.92 Å². The Bertz CT molecular complexity index is 732. The summed E-state index contributed by atoms with van der Waals surface area (Å²) in [7, 11) is 0. The van der Waals surface area contributed by atoms with Gasteiger partial charge in [-0.2, -0.15) is 0 Å². The second kappa shape index (κ2) is 7.38. The van der Waals surface area contributed by atoms with E-state index in [0.29, 0.717) is 32.5 Å². The molecule has 4 rings (SSSR count). The Labute approximate surface area is 159 Å². The van der Waals surface area contributed by atoms with Gasteiger partial charge in [0.1, 0.15) is 13.2 Å². The molecule has 1 unspecified atom stereocenters. The van der Waals surface area contributed by atoms with Crippen molar-refractivity contribution in [2.75, 3.05) is 33.0 Å². The average molecular weight is 373 g/mol. The Hall–Kier alpha value is -2.28. The molecule has 2 heterocycles. The van der Waals surface area contributed by atoms with Gasteiger partial charge < -0.3 is 19.7 Å². The van der Waals surface area contributed by atoms with Gasteiger partial charge in [0.15, 0.2) is 11.5 Å². The average Bonchev–Trinajstić information content (AvgIpc) is 3.42. The summed E-state index contributed by atoms with van der Waals surface area (Å²) in [5, 5.41) is 3.13. The van der Waals surface area contributed by atoms with Gasteiger partial charge in [0.2, 0.25) is 11.8 Å². The molecule has 2 amide bonds. The molecule has 27 heavy (non-hydrogen) atoms. The van der Waals surface area contributed by atoms with Crippen molar-refractivity contribution >= 4 is 11.8 Å². The zero-order chi connectivity index (χ0) is 19.0. The predicted molar refractivity (Wildman–Crippen MR) is 99.5 cm³/mol. The molecule has 0 radical (unpaired) electrons. The zero-order valence-corrected chi connectivity index (χ0v) is 15.9. The van der Waals surface area contributed by atoms with Gasteiger partial charge in [0, 0.05) is 6.04 Å². The summed E-state index contributed by atoms with van der Waals surface area (Å²) < 4.78 is 11.2. The number of hydrogen-bond donors (Lipinski definition) is 1. The van der Waals surface area contributed by atoms with Crippen LogP contribution in [0.3, 0.4) is 0 Å². The second-order valence-electron chi connectivity index (χ2n) is 7.92. The van der Waals surface area contributed by atoms with Gasteiger partial charge in [0.25, 0.3) is 0 Å². The van der Waals surface area contributed by atoms with Crippen LogP contribution in [0.25, 0.3) is 0 Å². The molecule has 7 nitrogen and oxygen atoms in total. The smallest absolute Gasteiger partial charge is 0.238 e. The van der Waals surface area contributed by atoms with Crippen LogP contribution < -0.4 is 14.8 Å². The molecule has 1 N–H and O–H groups in total. The lowest BCUT2D eigenvalue weighted by atomic mass is 9.95. The van der Waals surface area contributed by atoms with Crippen molar-refractivity contribution in [1.29, 1.82) is 0 Å². The van der Waals surface area contributed by atoms with E-state index in [9.17, 15) is 9.59 Å². The minimum atomic E-state index is -0.119. The van der Waals surface area contributed by atoms with E-state index >= 15 is 0 Å². The lowest BCUT2D eigenvalue weighted by molar-refractivity contribution is -0.127. The van der Waals surface area contributed by atoms with Gasteiger partial charge in [0.05, 0.1) is 25.8 Å². The van der Waals surface area contributed by atoms with Crippen LogP contribution in [0.5, 0.6) is 11.5 Å². The van der Waals surface area contributed by atoms with Crippen LogP contribution in [0.2, 0.25) is 0 Å². The number of ether oxygens (including phenoxy) is 2. The molecule has 0 aromatic heterocycles. The van der Waals surface area contributed by atoms with Crippen LogP contribution in [0.15, 0.2) is 18.2 Å². The monoisotopic (exact) mass is 373 g/mol. The van der Waals surface area contributed by atoms with Crippen molar-refractivity contribution in [1.82, 2.24) is 15.1 Å². The molecule has 0 bridgehead atoms. The zero-order valence-electron chi connectivity index (χ0n) is 15.9. The molecule has 0 spiro atoms. The first-order valence-electron chi connectivity index (χ1n) is 9.72. The predicted octanol–water partition coefficient (Wildman–Crippen LogP) is 1.54. The number of nitrogens with zero attached hydrogens (tertiary/aromatic N) is 2. The topological polar surface area (TPSA) is 71.1 Å². The molecule has 2 aliphatic heterocycles. The van der Waals surface area contributed by atoms with E-state index in [1.165, 1.54) is 0 Å². The minimum absolute atomic E-state index is 0.0611. The maximum atomic E-state index is 12.6. The fourth-order valence-electron chi connectivity index (χ4n) is 3.75. The van der Waals surface area contributed by atoms with Gasteiger partial charge in [-0.1, -0.05) is 19.9 Å². The van der Waals surface area contributed by atoms with Crippen LogP contribution in [-0.2, 0) is 9.59 Å². The Balaban J connectivity index is 1.39. The number of rotatable bonds is 6. The molecule has 1 aliphatic carbocycles. The standard InChI is InChI=1S/C20H27N3O4/c1-13(2)20(14-3-6-16-17(9-14)27-8-7-26-16)21-18(24)10-22-11-19(25)23(12-22)15-4-5-15/h3,6,9,13,15,20H,4-5,7-8,10-12H2,1-2H3,(H,21,24). The normalized spacial score (nSPS) is 20.9. The van der Waals surface area contributed by atoms with Gasteiger partial charge in [-0.25, -0.2) is 0 Å². The first-order valence-corrected chi connectivity index (χ1v) is 9.72. The number of carbonyl (C=O) groups excluding carboxylic acids is 2. The van der Waals surface area contributed by atoms with E-state index in [2.05, 4.69) is 19.2 Å². The highest BCUT2D eigenvalue weighted by molar-refractivity contribution is 5.83. The molecule has 146 valence electrons. The van der Waals surface area contributed by atoms with Crippen molar-refractivity contribution < 1.29 is 19.1 Å². The Kier molecular flexibility index (Phi) is 4.95. The summed E-state index contributed by atoms with van der Waals surface area (Å²) in [5.41, 5.74) is 1.000. The van der Waals surface area contributed by atoms with Crippen LogP contribution in [0.4, 0.5) is 0 Å². The van der Waals surface area contributed by atoms with Gasteiger partial charge in [-0.05, 0) is 36.5 Å². The third-order valence-electron chi connectivity index (χ3n) is 5.29. The summed E-state index contributed by atoms with van der Waals surface area (Å²) in [6.07, 6.45) is 2.18. The first-order chi connectivity index (χ1) is 13.0. The fourth-order valence-corrected chi connectivity index (χ4v) is 3.75. The number of fused-ring (bicyclic) bond motifs is 1. The highest BCUT2D eigenvalue weighted by Crippen LogP contribution is 2.34. The summed E-state index contributed by atoms with van der Waals surface area (Å²) in [5.74, 6) is 1.77. The van der Waals surface area contributed by atoms with E-state index in [4.69, 9.17) is 9.47 Å². The van der Waals surface area contributed by atoms with Crippen molar-refractivity contribution in [3.05, 3.63) is 23.8 Å². The van der Waals surface area contributed by atoms with Crippen LogP contribution in [0.1, 0.15) is 38.3 Å². The number of carbonyl (C=O) groups is 2. The lowest BCUT2D eigenvalue weighted by Crippen LogP contribution is -2.40. The quantitative estimate of drug-likeness (QED) is 0.819. The summed E-state index contributed by atoms with van der Waals surface area (Å²) in [4.78, 5) is 28.5. The molecule has 2 fully saturated rings. The Morgan fingerprint density at radius 3 is 2.67 bits per heavy atom. The largest absolute Gasteiger partial charge is 0.486 e. The summed E-state index contributed by atoms with van der Waals surface area (Å²) >= 11 is 0. The molecular weight excluding hydrogens is 346 g/mol. The van der Waals surface area contributed by atoms with E-state index in [1.54, 1.807) is 0 Å². The molecule has 1 saturated heterocycles. The highest BCUT2D eigenvalue weighted by atomic mass is 16.6. The summed E-state index contributed by atoms with van der Waals surface area (Å²) in [6.45, 7) is 6.39. The SMILES string of the molecule is CC(C)C(NC(=O)CN1CC(=O)N(C2CC2)C1)c1ccc2c(c1)OCCO2. The van der Waals surface area contributed by atoms with Crippen LogP contribution in [-0.4, -0.2) is 60.6 Å². The maximum Gasteiger partial charge on any atom is 0.238 e. The van der Waals surface area contributed by atoms with Gasteiger partial charge >= 0.3 is 0 Å². The molecule has 7 heteroatoms. The highest BCUT2D eigenvalue weighted by Gasteiger charge is 2.38. The molecule has 1 saturated carbocycles. The lowest BCUT2D eigenvalue weighted by Gasteiger charge is -2.26. The van der Waals surface area contributed by atoms with E-state index < -0.39 is 0 Å². The van der Waals surface area contributed by atoms with E-state index in [0.717, 1.165) is 29.9 Å².